The van der Waals surface area contributed by atoms with Crippen molar-refractivity contribution in [2.45, 2.75) is 19.4 Å². The Morgan fingerprint density at radius 3 is 3.00 bits per heavy atom. The molecule has 0 saturated heterocycles. The highest BCUT2D eigenvalue weighted by atomic mass is 16.5. The second kappa shape index (κ2) is 5.77. The minimum Gasteiger partial charge on any atom is -0.492 e. The molecule has 1 N–H and O–H groups in total. The number of hydrogen-bond donors (Lipinski definition) is 1. The van der Waals surface area contributed by atoms with Crippen LogP contribution in [0.3, 0.4) is 0 Å². The summed E-state index contributed by atoms with van der Waals surface area (Å²) in [6.45, 7) is 1.80. The van der Waals surface area contributed by atoms with Crippen molar-refractivity contribution in [1.29, 1.82) is 0 Å². The maximum absolute atomic E-state index is 11.9. The van der Waals surface area contributed by atoms with E-state index in [9.17, 15) is 4.79 Å². The van der Waals surface area contributed by atoms with Crippen molar-refractivity contribution < 1.29 is 4.74 Å². The Hall–Kier alpha value is -2.30. The van der Waals surface area contributed by atoms with Gasteiger partial charge in [-0.05, 0) is 25.0 Å². The van der Waals surface area contributed by atoms with Gasteiger partial charge in [-0.15, -0.1) is 0 Å². The predicted octanol–water partition coefficient (Wildman–Crippen LogP) is 1.68. The third-order valence-corrected chi connectivity index (χ3v) is 3.30. The summed E-state index contributed by atoms with van der Waals surface area (Å²) in [7, 11) is 0. The minimum atomic E-state index is -0.0881. The number of benzene rings is 1. The van der Waals surface area contributed by atoms with Crippen LogP contribution >= 0.6 is 0 Å². The molecular weight excluding hydrogens is 254 g/mol. The van der Waals surface area contributed by atoms with E-state index in [1.807, 2.05) is 30.3 Å². The number of anilines is 1. The lowest BCUT2D eigenvalue weighted by atomic mass is 10.1. The lowest BCUT2D eigenvalue weighted by Crippen LogP contribution is -2.29. The molecule has 0 atom stereocenters. The number of fused-ring (bicyclic) bond motifs is 1. The van der Waals surface area contributed by atoms with Crippen LogP contribution in [0.4, 0.5) is 5.69 Å². The van der Waals surface area contributed by atoms with Gasteiger partial charge < -0.3 is 10.1 Å². The van der Waals surface area contributed by atoms with Crippen LogP contribution in [0, 0.1) is 0 Å². The molecule has 0 saturated carbocycles. The average molecular weight is 271 g/mol. The van der Waals surface area contributed by atoms with Crippen molar-refractivity contribution in [2.75, 3.05) is 18.5 Å². The van der Waals surface area contributed by atoms with Gasteiger partial charge in [0.1, 0.15) is 12.4 Å². The van der Waals surface area contributed by atoms with Crippen molar-refractivity contribution in [3.05, 3.63) is 52.4 Å². The number of para-hydroxylation sites is 1. The molecule has 1 aromatic carbocycles. The Balaban J connectivity index is 1.67. The number of hydrogen-bond acceptors (Lipinski definition) is 4. The summed E-state index contributed by atoms with van der Waals surface area (Å²) in [5.41, 5.74) is 1.76. The van der Waals surface area contributed by atoms with E-state index >= 15 is 0 Å². The first-order valence-corrected chi connectivity index (χ1v) is 6.86. The van der Waals surface area contributed by atoms with Crippen molar-refractivity contribution in [2.24, 2.45) is 0 Å². The number of aryl methyl sites for hydroxylation is 1. The van der Waals surface area contributed by atoms with Crippen LogP contribution in [0.1, 0.15) is 12.1 Å². The second-order valence-corrected chi connectivity index (χ2v) is 4.76. The van der Waals surface area contributed by atoms with E-state index in [0.717, 1.165) is 36.5 Å². The largest absolute Gasteiger partial charge is 0.492 e. The van der Waals surface area contributed by atoms with Crippen LogP contribution in [-0.2, 0) is 13.0 Å². The van der Waals surface area contributed by atoms with Crippen molar-refractivity contribution >= 4 is 5.69 Å². The molecule has 0 bridgehead atoms. The Morgan fingerprint density at radius 1 is 1.30 bits per heavy atom. The van der Waals surface area contributed by atoms with Gasteiger partial charge in [-0.3, -0.25) is 4.79 Å². The zero-order chi connectivity index (χ0) is 13.8. The molecule has 0 radical (unpaired) electrons. The van der Waals surface area contributed by atoms with E-state index in [-0.39, 0.29) is 5.56 Å². The molecule has 2 heterocycles. The molecule has 0 unspecified atom stereocenters. The van der Waals surface area contributed by atoms with Gasteiger partial charge in [0.05, 0.1) is 17.9 Å². The number of aromatic nitrogens is 2. The molecule has 5 nitrogen and oxygen atoms in total. The Labute approximate surface area is 117 Å². The molecule has 2 aromatic rings. The lowest BCUT2D eigenvalue weighted by molar-refractivity contribution is 0.287. The Morgan fingerprint density at radius 2 is 2.15 bits per heavy atom. The molecule has 1 aliphatic rings. The van der Waals surface area contributed by atoms with Gasteiger partial charge in [0, 0.05) is 12.6 Å². The van der Waals surface area contributed by atoms with Crippen molar-refractivity contribution in [3.8, 4) is 5.75 Å². The molecule has 0 amide bonds. The Kier molecular flexibility index (Phi) is 3.67. The monoisotopic (exact) mass is 271 g/mol. The summed E-state index contributed by atoms with van der Waals surface area (Å²) in [6, 6.07) is 11.2. The van der Waals surface area contributed by atoms with E-state index in [4.69, 9.17) is 4.74 Å². The second-order valence-electron chi connectivity index (χ2n) is 4.76. The van der Waals surface area contributed by atoms with Crippen LogP contribution in [-0.4, -0.2) is 22.9 Å². The van der Waals surface area contributed by atoms with Crippen LogP contribution < -0.4 is 15.6 Å². The molecule has 0 spiro atoms. The standard InChI is InChI=1S/C15H17N3O2/c19-15-11-14-13(7-4-8-16-14)17-18(15)9-10-20-12-5-2-1-3-6-12/h1-3,5-6,11,16H,4,7-10H2. The normalized spacial score (nSPS) is 13.4. The summed E-state index contributed by atoms with van der Waals surface area (Å²) in [5.74, 6) is 0.806. The molecule has 1 aromatic heterocycles. The molecule has 20 heavy (non-hydrogen) atoms. The fourth-order valence-electron chi connectivity index (χ4n) is 2.27. The smallest absolute Gasteiger partial charge is 0.268 e. The minimum absolute atomic E-state index is 0.0881. The SMILES string of the molecule is O=c1cc2c(nn1CCOc1ccccc1)CCCN2. The number of ether oxygens (including phenoxy) is 1. The highest BCUT2D eigenvalue weighted by Gasteiger charge is 2.12. The van der Waals surface area contributed by atoms with Crippen molar-refractivity contribution in [3.63, 3.8) is 0 Å². The van der Waals surface area contributed by atoms with Gasteiger partial charge in [0.15, 0.2) is 0 Å². The van der Waals surface area contributed by atoms with Crippen LogP contribution in [0.15, 0.2) is 41.2 Å². The third-order valence-electron chi connectivity index (χ3n) is 3.30. The molecular formula is C15H17N3O2. The molecule has 5 heteroatoms. The first-order chi connectivity index (χ1) is 9.83. The predicted molar refractivity (Wildman–Crippen MR) is 77.2 cm³/mol. The summed E-state index contributed by atoms with van der Waals surface area (Å²) in [6.07, 6.45) is 1.97. The molecule has 1 aliphatic heterocycles. The maximum atomic E-state index is 11.9. The highest BCUT2D eigenvalue weighted by molar-refractivity contribution is 5.48. The first-order valence-electron chi connectivity index (χ1n) is 6.86. The fourth-order valence-corrected chi connectivity index (χ4v) is 2.27. The van der Waals surface area contributed by atoms with E-state index < -0.39 is 0 Å². The zero-order valence-electron chi connectivity index (χ0n) is 11.2. The zero-order valence-corrected chi connectivity index (χ0v) is 11.2. The van der Waals surface area contributed by atoms with Gasteiger partial charge >= 0.3 is 0 Å². The summed E-state index contributed by atoms with van der Waals surface area (Å²) in [5, 5.41) is 7.61. The summed E-state index contributed by atoms with van der Waals surface area (Å²) >= 11 is 0. The van der Waals surface area contributed by atoms with E-state index in [0.29, 0.717) is 13.2 Å². The van der Waals surface area contributed by atoms with Gasteiger partial charge in [-0.2, -0.15) is 5.10 Å². The quantitative estimate of drug-likeness (QED) is 0.919. The first kappa shape index (κ1) is 12.7. The number of rotatable bonds is 4. The van der Waals surface area contributed by atoms with E-state index in [1.54, 1.807) is 6.07 Å². The number of nitrogens with zero attached hydrogens (tertiary/aromatic N) is 2. The van der Waals surface area contributed by atoms with Gasteiger partial charge in [-0.25, -0.2) is 4.68 Å². The number of nitrogens with one attached hydrogen (secondary N) is 1. The van der Waals surface area contributed by atoms with Gasteiger partial charge in [0.25, 0.3) is 5.56 Å². The average Bonchev–Trinajstić information content (AvgIpc) is 2.49. The maximum Gasteiger partial charge on any atom is 0.268 e. The van der Waals surface area contributed by atoms with E-state index in [1.165, 1.54) is 4.68 Å². The van der Waals surface area contributed by atoms with Gasteiger partial charge in [0.2, 0.25) is 0 Å². The van der Waals surface area contributed by atoms with Crippen molar-refractivity contribution in [1.82, 2.24) is 9.78 Å². The fraction of sp³-hybridized carbons (Fsp3) is 0.333. The topological polar surface area (TPSA) is 56.2 Å². The Bertz CT molecular complexity index is 637. The highest BCUT2D eigenvalue weighted by Crippen LogP contribution is 2.16. The molecule has 0 fully saturated rings. The third kappa shape index (κ3) is 2.82. The van der Waals surface area contributed by atoms with Crippen LogP contribution in [0.5, 0.6) is 5.75 Å². The molecule has 3 rings (SSSR count). The van der Waals surface area contributed by atoms with Crippen LogP contribution in [0.2, 0.25) is 0 Å². The lowest BCUT2D eigenvalue weighted by Gasteiger charge is -2.17. The summed E-state index contributed by atoms with van der Waals surface area (Å²) in [4.78, 5) is 11.9. The molecule has 0 aliphatic carbocycles. The molecule has 104 valence electrons. The van der Waals surface area contributed by atoms with E-state index in [2.05, 4.69) is 10.4 Å². The van der Waals surface area contributed by atoms with Gasteiger partial charge in [-0.1, -0.05) is 18.2 Å². The summed E-state index contributed by atoms with van der Waals surface area (Å²) < 4.78 is 7.07. The van der Waals surface area contributed by atoms with Crippen LogP contribution in [0.25, 0.3) is 0 Å².